The van der Waals surface area contributed by atoms with Crippen LogP contribution in [0.3, 0.4) is 0 Å². The van der Waals surface area contributed by atoms with E-state index < -0.39 is 10.0 Å². The highest BCUT2D eigenvalue weighted by Gasteiger charge is 2.18. The lowest BCUT2D eigenvalue weighted by Gasteiger charge is -2.10. The van der Waals surface area contributed by atoms with E-state index in [1.165, 1.54) is 11.3 Å². The number of nitrogens with two attached hydrogens (primary N) is 1. The molecule has 0 saturated carbocycles. The highest BCUT2D eigenvalue weighted by atomic mass is 32.2. The SMILES string of the molecule is CN(C)CCCCNS(=O)(=O)c1ccsc1CN. The summed E-state index contributed by atoms with van der Waals surface area (Å²) in [6.07, 6.45) is 1.81. The van der Waals surface area contributed by atoms with Crippen molar-refractivity contribution in [3.8, 4) is 0 Å². The van der Waals surface area contributed by atoms with Crippen LogP contribution in [0.4, 0.5) is 0 Å². The zero-order chi connectivity index (χ0) is 13.6. The van der Waals surface area contributed by atoms with Gasteiger partial charge < -0.3 is 10.6 Å². The molecule has 0 amide bonds. The largest absolute Gasteiger partial charge is 0.326 e. The molecule has 0 atom stereocenters. The third-order valence-corrected chi connectivity index (χ3v) is 5.12. The van der Waals surface area contributed by atoms with Crippen molar-refractivity contribution in [3.63, 3.8) is 0 Å². The molecule has 0 unspecified atom stereocenters. The molecule has 3 N–H and O–H groups in total. The molecule has 1 aromatic rings. The van der Waals surface area contributed by atoms with Gasteiger partial charge in [-0.3, -0.25) is 0 Å². The van der Waals surface area contributed by atoms with Crippen LogP contribution in [0.25, 0.3) is 0 Å². The van der Waals surface area contributed by atoms with Gasteiger partial charge in [-0.2, -0.15) is 0 Å². The summed E-state index contributed by atoms with van der Waals surface area (Å²) in [5, 5.41) is 1.75. The van der Waals surface area contributed by atoms with Crippen molar-refractivity contribution in [2.75, 3.05) is 27.2 Å². The molecule has 0 aliphatic heterocycles. The van der Waals surface area contributed by atoms with E-state index in [0.29, 0.717) is 16.3 Å². The van der Waals surface area contributed by atoms with Crippen molar-refractivity contribution < 1.29 is 8.42 Å². The van der Waals surface area contributed by atoms with Crippen LogP contribution in [-0.4, -0.2) is 40.5 Å². The van der Waals surface area contributed by atoms with Gasteiger partial charge in [-0.05, 0) is 44.9 Å². The number of nitrogens with one attached hydrogen (secondary N) is 1. The van der Waals surface area contributed by atoms with Gasteiger partial charge >= 0.3 is 0 Å². The van der Waals surface area contributed by atoms with Crippen LogP contribution in [0.2, 0.25) is 0 Å². The van der Waals surface area contributed by atoms with Gasteiger partial charge in [0, 0.05) is 18.0 Å². The van der Waals surface area contributed by atoms with Crippen LogP contribution >= 0.6 is 11.3 Å². The Balaban J connectivity index is 2.46. The predicted molar refractivity (Wildman–Crippen MR) is 75.2 cm³/mol. The number of thiophene rings is 1. The van der Waals surface area contributed by atoms with E-state index in [9.17, 15) is 8.42 Å². The monoisotopic (exact) mass is 291 g/mol. The first kappa shape index (κ1) is 15.6. The van der Waals surface area contributed by atoms with Crippen molar-refractivity contribution in [2.24, 2.45) is 5.73 Å². The van der Waals surface area contributed by atoms with Gasteiger partial charge in [-0.15, -0.1) is 11.3 Å². The molecule has 1 aromatic heterocycles. The highest BCUT2D eigenvalue weighted by molar-refractivity contribution is 7.89. The van der Waals surface area contributed by atoms with E-state index in [-0.39, 0.29) is 6.54 Å². The standard InChI is InChI=1S/C11H21N3O2S2/c1-14(2)7-4-3-6-13-18(15,16)11-5-8-17-10(11)9-12/h5,8,13H,3-4,6-7,9,12H2,1-2H3. The minimum atomic E-state index is -3.39. The second kappa shape index (κ2) is 7.20. The van der Waals surface area contributed by atoms with Crippen LogP contribution < -0.4 is 10.5 Å². The molecule has 1 heterocycles. The van der Waals surface area contributed by atoms with Crippen LogP contribution in [0, 0.1) is 0 Å². The van der Waals surface area contributed by atoms with Gasteiger partial charge in [0.1, 0.15) is 0 Å². The highest BCUT2D eigenvalue weighted by Crippen LogP contribution is 2.20. The van der Waals surface area contributed by atoms with Crippen molar-refractivity contribution in [1.82, 2.24) is 9.62 Å². The molecular weight excluding hydrogens is 270 g/mol. The second-order valence-corrected chi connectivity index (χ2v) is 7.06. The number of rotatable bonds is 8. The number of hydrogen-bond acceptors (Lipinski definition) is 5. The summed E-state index contributed by atoms with van der Waals surface area (Å²) in [7, 11) is 0.612. The summed E-state index contributed by atoms with van der Waals surface area (Å²) in [4.78, 5) is 3.11. The molecule has 0 radical (unpaired) electrons. The zero-order valence-corrected chi connectivity index (χ0v) is 12.5. The molecule has 104 valence electrons. The smallest absolute Gasteiger partial charge is 0.241 e. The van der Waals surface area contributed by atoms with E-state index in [2.05, 4.69) is 9.62 Å². The Kier molecular flexibility index (Phi) is 6.24. The molecule has 18 heavy (non-hydrogen) atoms. The first-order valence-corrected chi connectivity index (χ1v) is 8.24. The lowest BCUT2D eigenvalue weighted by atomic mass is 10.3. The van der Waals surface area contributed by atoms with Gasteiger partial charge in [0.25, 0.3) is 0 Å². The number of hydrogen-bond donors (Lipinski definition) is 2. The summed E-state index contributed by atoms with van der Waals surface area (Å²) < 4.78 is 26.6. The molecule has 0 spiro atoms. The van der Waals surface area contributed by atoms with Gasteiger partial charge in [0.05, 0.1) is 4.90 Å². The number of nitrogens with zero attached hydrogens (tertiary/aromatic N) is 1. The van der Waals surface area contributed by atoms with Crippen LogP contribution in [0.15, 0.2) is 16.3 Å². The Morgan fingerprint density at radius 1 is 1.39 bits per heavy atom. The van der Waals surface area contributed by atoms with E-state index in [1.807, 2.05) is 14.1 Å². The third kappa shape index (κ3) is 4.66. The number of unbranched alkanes of at least 4 members (excludes halogenated alkanes) is 1. The fraction of sp³-hybridized carbons (Fsp3) is 0.636. The molecule has 0 saturated heterocycles. The Labute approximate surface area is 113 Å². The van der Waals surface area contributed by atoms with E-state index in [4.69, 9.17) is 5.73 Å². The Hall–Kier alpha value is -0.470. The molecule has 1 rings (SSSR count). The summed E-state index contributed by atoms with van der Waals surface area (Å²) in [5.41, 5.74) is 5.51. The van der Waals surface area contributed by atoms with Gasteiger partial charge in [-0.25, -0.2) is 13.1 Å². The second-order valence-electron chi connectivity index (χ2n) is 4.32. The maximum Gasteiger partial charge on any atom is 0.241 e. The molecular formula is C11H21N3O2S2. The predicted octanol–water partition coefficient (Wildman–Crippen LogP) is 0.827. The molecule has 5 nitrogen and oxygen atoms in total. The Morgan fingerprint density at radius 3 is 2.72 bits per heavy atom. The summed E-state index contributed by atoms with van der Waals surface area (Å²) in [6, 6.07) is 1.61. The third-order valence-electron chi connectivity index (χ3n) is 2.50. The number of sulfonamides is 1. The molecule has 0 aromatic carbocycles. The van der Waals surface area contributed by atoms with Gasteiger partial charge in [-0.1, -0.05) is 0 Å². The maximum absolute atomic E-state index is 12.0. The molecule has 0 fully saturated rings. The van der Waals surface area contributed by atoms with E-state index >= 15 is 0 Å². The molecule has 7 heteroatoms. The van der Waals surface area contributed by atoms with Crippen molar-refractivity contribution in [3.05, 3.63) is 16.3 Å². The first-order chi connectivity index (χ1) is 8.47. The maximum atomic E-state index is 12.0. The molecule has 0 bridgehead atoms. The van der Waals surface area contributed by atoms with Crippen LogP contribution in [0.5, 0.6) is 0 Å². The average molecular weight is 291 g/mol. The summed E-state index contributed by atoms with van der Waals surface area (Å²) in [6.45, 7) is 1.69. The lowest BCUT2D eigenvalue weighted by Crippen LogP contribution is -2.26. The topological polar surface area (TPSA) is 75.4 Å². The molecule has 0 aliphatic carbocycles. The lowest BCUT2D eigenvalue weighted by molar-refractivity contribution is 0.394. The van der Waals surface area contributed by atoms with Crippen LogP contribution in [0.1, 0.15) is 17.7 Å². The molecule has 0 aliphatic rings. The summed E-state index contributed by atoms with van der Waals surface area (Å²) in [5.74, 6) is 0. The van der Waals surface area contributed by atoms with Crippen molar-refractivity contribution in [2.45, 2.75) is 24.3 Å². The van der Waals surface area contributed by atoms with Gasteiger partial charge in [0.2, 0.25) is 10.0 Å². The minimum absolute atomic E-state index is 0.258. The zero-order valence-electron chi connectivity index (χ0n) is 10.8. The average Bonchev–Trinajstić information content (AvgIpc) is 2.76. The first-order valence-electron chi connectivity index (χ1n) is 5.88. The van der Waals surface area contributed by atoms with E-state index in [0.717, 1.165) is 19.4 Å². The quantitative estimate of drug-likeness (QED) is 0.696. The Morgan fingerprint density at radius 2 is 2.11 bits per heavy atom. The van der Waals surface area contributed by atoms with Crippen molar-refractivity contribution >= 4 is 21.4 Å². The summed E-state index contributed by atoms with van der Waals surface area (Å²) >= 11 is 1.37. The van der Waals surface area contributed by atoms with E-state index in [1.54, 1.807) is 11.4 Å². The van der Waals surface area contributed by atoms with Crippen molar-refractivity contribution in [1.29, 1.82) is 0 Å². The van der Waals surface area contributed by atoms with Crippen LogP contribution in [-0.2, 0) is 16.6 Å². The fourth-order valence-electron chi connectivity index (χ4n) is 1.55. The Bertz CT molecular complexity index is 455. The normalized spacial score (nSPS) is 12.2. The minimum Gasteiger partial charge on any atom is -0.326 e. The fourth-order valence-corrected chi connectivity index (χ4v) is 3.96. The van der Waals surface area contributed by atoms with Gasteiger partial charge in [0.15, 0.2) is 0 Å².